The van der Waals surface area contributed by atoms with Crippen molar-refractivity contribution in [3.8, 4) is 0 Å². The number of nitrogens with zero attached hydrogens (tertiary/aromatic N) is 1. The van der Waals surface area contributed by atoms with E-state index in [1.54, 1.807) is 0 Å². The quantitative estimate of drug-likeness (QED) is 0.809. The van der Waals surface area contributed by atoms with E-state index in [-0.39, 0.29) is 18.2 Å². The maximum absolute atomic E-state index is 12.4. The molecule has 2 aromatic carbocycles. The summed E-state index contributed by atoms with van der Waals surface area (Å²) in [6.07, 6.45) is 0.141. The lowest BCUT2D eigenvalue weighted by atomic mass is 10.2. The van der Waals surface area contributed by atoms with Crippen LogP contribution in [0.4, 0.5) is 17.1 Å². The zero-order chi connectivity index (χ0) is 18.5. The van der Waals surface area contributed by atoms with Crippen molar-refractivity contribution >= 4 is 40.6 Å². The van der Waals surface area contributed by atoms with Gasteiger partial charge in [0, 0.05) is 35.8 Å². The standard InChI is InChI=1S/C20H23N3O2S/c1-3-23(4-2)15-11-9-14(10-12-15)21-19(24)13-18-20(25)22-16-7-5-6-8-17(16)26-18/h5-12,18H,3-4,13H2,1-2H3,(H,21,24)(H,22,25). The van der Waals surface area contributed by atoms with E-state index < -0.39 is 5.25 Å². The van der Waals surface area contributed by atoms with Gasteiger partial charge in [-0.15, -0.1) is 11.8 Å². The molecule has 0 aliphatic carbocycles. The molecular weight excluding hydrogens is 346 g/mol. The van der Waals surface area contributed by atoms with E-state index in [9.17, 15) is 9.59 Å². The van der Waals surface area contributed by atoms with Gasteiger partial charge in [0.05, 0.1) is 10.9 Å². The van der Waals surface area contributed by atoms with Crippen LogP contribution in [0.2, 0.25) is 0 Å². The normalized spacial score (nSPS) is 15.8. The number of hydrogen-bond donors (Lipinski definition) is 2. The molecule has 26 heavy (non-hydrogen) atoms. The SMILES string of the molecule is CCN(CC)c1ccc(NC(=O)CC2Sc3ccccc3NC2=O)cc1. The highest BCUT2D eigenvalue weighted by molar-refractivity contribution is 8.01. The molecule has 136 valence electrons. The van der Waals surface area contributed by atoms with Crippen molar-refractivity contribution in [3.05, 3.63) is 48.5 Å². The molecule has 2 N–H and O–H groups in total. The van der Waals surface area contributed by atoms with E-state index in [0.717, 1.165) is 35.0 Å². The van der Waals surface area contributed by atoms with Crippen molar-refractivity contribution < 1.29 is 9.59 Å². The highest BCUT2D eigenvalue weighted by atomic mass is 32.2. The number of carbonyl (C=O) groups is 2. The summed E-state index contributed by atoms with van der Waals surface area (Å²) in [4.78, 5) is 27.8. The Kier molecular flexibility index (Phi) is 5.83. The number of para-hydroxylation sites is 1. The van der Waals surface area contributed by atoms with Crippen molar-refractivity contribution in [3.63, 3.8) is 0 Å². The number of nitrogens with one attached hydrogen (secondary N) is 2. The lowest BCUT2D eigenvalue weighted by Crippen LogP contribution is -2.32. The largest absolute Gasteiger partial charge is 0.372 e. The van der Waals surface area contributed by atoms with E-state index in [0.29, 0.717) is 0 Å². The van der Waals surface area contributed by atoms with Gasteiger partial charge in [0.25, 0.3) is 0 Å². The molecule has 6 heteroatoms. The van der Waals surface area contributed by atoms with Crippen LogP contribution in [-0.2, 0) is 9.59 Å². The second-order valence-corrected chi connectivity index (χ2v) is 7.31. The number of anilines is 3. The first-order valence-electron chi connectivity index (χ1n) is 8.82. The molecule has 1 atom stereocenters. The molecule has 2 amide bonds. The highest BCUT2D eigenvalue weighted by Crippen LogP contribution is 2.36. The molecule has 0 radical (unpaired) electrons. The summed E-state index contributed by atoms with van der Waals surface area (Å²) in [5, 5.41) is 5.34. The monoisotopic (exact) mass is 369 g/mol. The Morgan fingerprint density at radius 1 is 1.12 bits per heavy atom. The van der Waals surface area contributed by atoms with Gasteiger partial charge in [-0.25, -0.2) is 0 Å². The number of thioether (sulfide) groups is 1. The Balaban J connectivity index is 1.60. The number of hydrogen-bond acceptors (Lipinski definition) is 4. The molecule has 0 saturated heterocycles. The minimum absolute atomic E-state index is 0.124. The lowest BCUT2D eigenvalue weighted by molar-refractivity contribution is -0.120. The number of benzene rings is 2. The van der Waals surface area contributed by atoms with Crippen molar-refractivity contribution in [1.82, 2.24) is 0 Å². The first-order chi connectivity index (χ1) is 12.6. The molecule has 1 aliphatic rings. The Morgan fingerprint density at radius 2 is 1.81 bits per heavy atom. The van der Waals surface area contributed by atoms with Crippen LogP contribution < -0.4 is 15.5 Å². The maximum atomic E-state index is 12.4. The topological polar surface area (TPSA) is 61.4 Å². The molecule has 1 unspecified atom stereocenters. The van der Waals surface area contributed by atoms with Gasteiger partial charge in [0.1, 0.15) is 0 Å². The summed E-state index contributed by atoms with van der Waals surface area (Å²) in [6, 6.07) is 15.4. The van der Waals surface area contributed by atoms with E-state index in [4.69, 9.17) is 0 Å². The van der Waals surface area contributed by atoms with Gasteiger partial charge in [-0.05, 0) is 50.2 Å². The fraction of sp³-hybridized carbons (Fsp3) is 0.300. The van der Waals surface area contributed by atoms with E-state index in [1.165, 1.54) is 11.8 Å². The fourth-order valence-electron chi connectivity index (χ4n) is 2.95. The predicted molar refractivity (Wildman–Crippen MR) is 108 cm³/mol. The summed E-state index contributed by atoms with van der Waals surface area (Å²) < 4.78 is 0. The Morgan fingerprint density at radius 3 is 2.50 bits per heavy atom. The van der Waals surface area contributed by atoms with Crippen LogP contribution in [0.25, 0.3) is 0 Å². The third kappa shape index (κ3) is 4.19. The van der Waals surface area contributed by atoms with Gasteiger partial charge < -0.3 is 15.5 Å². The Labute approximate surface area is 158 Å². The van der Waals surface area contributed by atoms with Gasteiger partial charge >= 0.3 is 0 Å². The summed E-state index contributed by atoms with van der Waals surface area (Å²) in [7, 11) is 0. The summed E-state index contributed by atoms with van der Waals surface area (Å²) in [6.45, 7) is 6.11. The number of carbonyl (C=O) groups excluding carboxylic acids is 2. The van der Waals surface area contributed by atoms with Crippen LogP contribution in [0.5, 0.6) is 0 Å². The van der Waals surface area contributed by atoms with Crippen LogP contribution in [0, 0.1) is 0 Å². The molecule has 1 heterocycles. The average molecular weight is 369 g/mol. The summed E-state index contributed by atoms with van der Waals surface area (Å²) in [5.74, 6) is -0.284. The van der Waals surface area contributed by atoms with Gasteiger partial charge in [-0.1, -0.05) is 12.1 Å². The zero-order valence-electron chi connectivity index (χ0n) is 15.0. The van der Waals surface area contributed by atoms with Crippen LogP contribution in [0.15, 0.2) is 53.4 Å². The molecule has 0 spiro atoms. The minimum atomic E-state index is -0.417. The number of fused-ring (bicyclic) bond motifs is 1. The van der Waals surface area contributed by atoms with Crippen molar-refractivity contribution in [2.24, 2.45) is 0 Å². The van der Waals surface area contributed by atoms with Gasteiger partial charge in [-0.3, -0.25) is 9.59 Å². The molecule has 2 aromatic rings. The molecule has 0 fully saturated rings. The van der Waals surface area contributed by atoms with Gasteiger partial charge in [-0.2, -0.15) is 0 Å². The zero-order valence-corrected chi connectivity index (χ0v) is 15.8. The molecule has 0 saturated carbocycles. The lowest BCUT2D eigenvalue weighted by Gasteiger charge is -2.23. The Hall–Kier alpha value is -2.47. The molecule has 1 aliphatic heterocycles. The van der Waals surface area contributed by atoms with Crippen molar-refractivity contribution in [2.45, 2.75) is 30.4 Å². The smallest absolute Gasteiger partial charge is 0.238 e. The van der Waals surface area contributed by atoms with E-state index in [1.807, 2.05) is 48.5 Å². The van der Waals surface area contributed by atoms with Crippen LogP contribution in [0.1, 0.15) is 20.3 Å². The average Bonchev–Trinajstić information content (AvgIpc) is 2.64. The first kappa shape index (κ1) is 18.3. The molecular formula is C20H23N3O2S. The number of rotatable bonds is 6. The third-order valence-corrected chi connectivity index (χ3v) is 5.63. The third-order valence-electron chi connectivity index (χ3n) is 4.36. The first-order valence-corrected chi connectivity index (χ1v) is 9.70. The van der Waals surface area contributed by atoms with Crippen molar-refractivity contribution in [2.75, 3.05) is 28.6 Å². The second-order valence-electron chi connectivity index (χ2n) is 6.06. The summed E-state index contributed by atoms with van der Waals surface area (Å²) >= 11 is 1.44. The summed E-state index contributed by atoms with van der Waals surface area (Å²) in [5.41, 5.74) is 2.69. The highest BCUT2D eigenvalue weighted by Gasteiger charge is 2.28. The molecule has 0 aromatic heterocycles. The van der Waals surface area contributed by atoms with Crippen LogP contribution >= 0.6 is 11.8 Å². The van der Waals surface area contributed by atoms with E-state index >= 15 is 0 Å². The maximum Gasteiger partial charge on any atom is 0.238 e. The number of amides is 2. The molecule has 5 nitrogen and oxygen atoms in total. The van der Waals surface area contributed by atoms with Crippen molar-refractivity contribution in [1.29, 1.82) is 0 Å². The van der Waals surface area contributed by atoms with Gasteiger partial charge in [0.15, 0.2) is 0 Å². The Bertz CT molecular complexity index is 788. The van der Waals surface area contributed by atoms with Gasteiger partial charge in [0.2, 0.25) is 11.8 Å². The van der Waals surface area contributed by atoms with Crippen LogP contribution in [0.3, 0.4) is 0 Å². The fourth-order valence-corrected chi connectivity index (χ4v) is 4.06. The minimum Gasteiger partial charge on any atom is -0.372 e. The predicted octanol–water partition coefficient (Wildman–Crippen LogP) is 3.97. The van der Waals surface area contributed by atoms with E-state index in [2.05, 4.69) is 29.4 Å². The second kappa shape index (κ2) is 8.27. The van der Waals surface area contributed by atoms with Crippen LogP contribution in [-0.4, -0.2) is 30.2 Å². The molecule has 3 rings (SSSR count). The molecule has 0 bridgehead atoms.